The zero-order chi connectivity index (χ0) is 25.2. The summed E-state index contributed by atoms with van der Waals surface area (Å²) in [4.78, 5) is 44.2. The summed E-state index contributed by atoms with van der Waals surface area (Å²) in [6.45, 7) is 4.80. The second-order valence-electron chi connectivity index (χ2n) is 8.95. The molecule has 2 heterocycles. The van der Waals surface area contributed by atoms with E-state index in [2.05, 4.69) is 15.6 Å². The highest BCUT2D eigenvalue weighted by molar-refractivity contribution is 5.91. The van der Waals surface area contributed by atoms with Gasteiger partial charge in [-0.05, 0) is 48.8 Å². The third-order valence-corrected chi connectivity index (χ3v) is 6.26. The molecular formula is C26H38ClN5O4. The number of unbranched alkanes of at least 4 members (excludes halogenated alkanes) is 1. The highest BCUT2D eigenvalue weighted by Crippen LogP contribution is 2.22. The van der Waals surface area contributed by atoms with Crippen molar-refractivity contribution in [1.29, 1.82) is 0 Å². The van der Waals surface area contributed by atoms with Crippen LogP contribution in [0.1, 0.15) is 64.1 Å². The topological polar surface area (TPSA) is 127 Å². The number of likely N-dealkylation sites (tertiary alicyclic amines) is 1. The van der Waals surface area contributed by atoms with Gasteiger partial charge in [0.05, 0.1) is 19.2 Å². The van der Waals surface area contributed by atoms with Crippen molar-refractivity contribution in [1.82, 2.24) is 20.5 Å². The maximum absolute atomic E-state index is 13.4. The molecule has 0 aliphatic carbocycles. The fraction of sp³-hybridized carbons (Fsp3) is 0.538. The van der Waals surface area contributed by atoms with Crippen LogP contribution in [-0.2, 0) is 19.1 Å². The summed E-state index contributed by atoms with van der Waals surface area (Å²) in [5.74, 6) is -0.810. The maximum Gasteiger partial charge on any atom is 0.319 e. The van der Waals surface area contributed by atoms with Gasteiger partial charge in [0.15, 0.2) is 0 Å². The first-order valence-electron chi connectivity index (χ1n) is 12.5. The fourth-order valence-corrected chi connectivity index (χ4v) is 4.33. The predicted octanol–water partition coefficient (Wildman–Crippen LogP) is 2.82. The van der Waals surface area contributed by atoms with Gasteiger partial charge < -0.3 is 20.7 Å². The zero-order valence-corrected chi connectivity index (χ0v) is 21.9. The highest BCUT2D eigenvalue weighted by atomic mass is 35.5. The van der Waals surface area contributed by atoms with Gasteiger partial charge in [-0.25, -0.2) is 0 Å². The lowest BCUT2D eigenvalue weighted by molar-refractivity contribution is -0.144. The van der Waals surface area contributed by atoms with Crippen molar-refractivity contribution in [3.63, 3.8) is 0 Å². The van der Waals surface area contributed by atoms with Crippen LogP contribution in [0.3, 0.4) is 0 Å². The number of nitrogens with two attached hydrogens (primary N) is 1. The number of aromatic nitrogens is 1. The van der Waals surface area contributed by atoms with Crippen LogP contribution in [0.2, 0.25) is 0 Å². The number of hydrogen-bond donors (Lipinski definition) is 3. The van der Waals surface area contributed by atoms with E-state index in [-0.39, 0.29) is 36.7 Å². The standard InChI is InChI=1S/C26H37N5O4.ClH/c1-3-5-7-21(29-17-23(32)35-14-4-2)26(34)31-13-6-8-22(31)25(33)30-24(27)19-9-10-20-16-28-12-11-18(20)15-19;/h9-12,15-16,21-22,24,29H,3-8,13-14,17,27H2,1-2H3,(H,30,33);1H/t21-,22+,24?;/m1./s1. The molecule has 1 aliphatic heterocycles. The van der Waals surface area contributed by atoms with Gasteiger partial charge in [0.2, 0.25) is 11.8 Å². The Kier molecular flexibility index (Phi) is 12.1. The molecule has 4 N–H and O–H groups in total. The number of fused-ring (bicyclic) bond motifs is 1. The van der Waals surface area contributed by atoms with E-state index < -0.39 is 18.2 Å². The lowest BCUT2D eigenvalue weighted by atomic mass is 10.1. The molecule has 198 valence electrons. The number of ether oxygens (including phenoxy) is 1. The number of benzene rings is 1. The molecule has 3 rings (SSSR count). The van der Waals surface area contributed by atoms with Gasteiger partial charge in [-0.2, -0.15) is 0 Å². The Hall–Kier alpha value is -2.75. The van der Waals surface area contributed by atoms with Gasteiger partial charge in [0.1, 0.15) is 12.2 Å². The van der Waals surface area contributed by atoms with E-state index in [1.54, 1.807) is 17.3 Å². The molecule has 1 aromatic carbocycles. The first kappa shape index (κ1) is 29.5. The van der Waals surface area contributed by atoms with Crippen LogP contribution < -0.4 is 16.4 Å². The number of halogens is 1. The van der Waals surface area contributed by atoms with Gasteiger partial charge in [0.25, 0.3) is 0 Å². The molecule has 2 amide bonds. The zero-order valence-electron chi connectivity index (χ0n) is 21.1. The molecule has 0 spiro atoms. The number of amides is 2. The molecule has 1 aliphatic rings. The first-order chi connectivity index (χ1) is 16.9. The van der Waals surface area contributed by atoms with Gasteiger partial charge in [0, 0.05) is 24.3 Å². The summed E-state index contributed by atoms with van der Waals surface area (Å²) in [6.07, 6.45) is 7.20. The summed E-state index contributed by atoms with van der Waals surface area (Å²) in [5.41, 5.74) is 7.09. The fourth-order valence-electron chi connectivity index (χ4n) is 4.33. The minimum Gasteiger partial charge on any atom is -0.465 e. The number of carbonyl (C=O) groups is 3. The summed E-state index contributed by atoms with van der Waals surface area (Å²) in [6, 6.07) is 6.49. The van der Waals surface area contributed by atoms with E-state index in [9.17, 15) is 14.4 Å². The smallest absolute Gasteiger partial charge is 0.319 e. The third-order valence-electron chi connectivity index (χ3n) is 6.26. The van der Waals surface area contributed by atoms with E-state index in [0.29, 0.717) is 26.0 Å². The number of nitrogens with one attached hydrogen (secondary N) is 2. The Bertz CT molecular complexity index is 1020. The first-order valence-corrected chi connectivity index (χ1v) is 12.5. The van der Waals surface area contributed by atoms with Crippen molar-refractivity contribution in [3.05, 3.63) is 42.2 Å². The van der Waals surface area contributed by atoms with Crippen molar-refractivity contribution in [2.75, 3.05) is 19.7 Å². The summed E-state index contributed by atoms with van der Waals surface area (Å²) < 4.78 is 5.12. The lowest BCUT2D eigenvalue weighted by Crippen LogP contribution is -2.54. The molecule has 1 unspecified atom stereocenters. The van der Waals surface area contributed by atoms with E-state index in [4.69, 9.17) is 10.5 Å². The predicted molar refractivity (Wildman–Crippen MR) is 141 cm³/mol. The van der Waals surface area contributed by atoms with E-state index >= 15 is 0 Å². The van der Waals surface area contributed by atoms with Gasteiger partial charge >= 0.3 is 5.97 Å². The molecule has 2 aromatic rings. The summed E-state index contributed by atoms with van der Waals surface area (Å²) in [7, 11) is 0. The lowest BCUT2D eigenvalue weighted by Gasteiger charge is -2.29. The van der Waals surface area contributed by atoms with Crippen LogP contribution in [0.15, 0.2) is 36.7 Å². The Labute approximate surface area is 218 Å². The van der Waals surface area contributed by atoms with Crippen LogP contribution in [0.25, 0.3) is 10.8 Å². The van der Waals surface area contributed by atoms with Gasteiger partial charge in [-0.3, -0.25) is 24.7 Å². The van der Waals surface area contributed by atoms with E-state index in [1.165, 1.54) is 0 Å². The van der Waals surface area contributed by atoms with Crippen LogP contribution in [0.5, 0.6) is 0 Å². The molecule has 0 bridgehead atoms. The molecule has 1 aromatic heterocycles. The van der Waals surface area contributed by atoms with Crippen LogP contribution in [-0.4, -0.2) is 59.4 Å². The van der Waals surface area contributed by atoms with Crippen molar-refractivity contribution in [2.24, 2.45) is 5.73 Å². The number of rotatable bonds is 12. The molecule has 0 saturated carbocycles. The molecular weight excluding hydrogens is 482 g/mol. The molecule has 10 heteroatoms. The number of nitrogens with zero attached hydrogens (tertiary/aromatic N) is 2. The average molecular weight is 520 g/mol. The molecule has 9 nitrogen and oxygen atoms in total. The van der Waals surface area contributed by atoms with E-state index in [0.717, 1.165) is 42.0 Å². The second kappa shape index (κ2) is 14.7. The number of esters is 1. The molecule has 36 heavy (non-hydrogen) atoms. The summed E-state index contributed by atoms with van der Waals surface area (Å²) >= 11 is 0. The molecule has 1 saturated heterocycles. The van der Waals surface area contributed by atoms with Crippen molar-refractivity contribution < 1.29 is 19.1 Å². The minimum atomic E-state index is -0.694. The van der Waals surface area contributed by atoms with Crippen LogP contribution in [0.4, 0.5) is 0 Å². The highest BCUT2D eigenvalue weighted by Gasteiger charge is 2.37. The van der Waals surface area contributed by atoms with Crippen molar-refractivity contribution in [2.45, 2.75) is 70.6 Å². The molecule has 0 radical (unpaired) electrons. The van der Waals surface area contributed by atoms with E-state index in [1.807, 2.05) is 38.1 Å². The third kappa shape index (κ3) is 7.88. The molecule has 3 atom stereocenters. The number of hydrogen-bond acceptors (Lipinski definition) is 7. The van der Waals surface area contributed by atoms with Gasteiger partial charge in [-0.15, -0.1) is 12.4 Å². The Balaban J connectivity index is 0.00000456. The normalized spacial score (nSPS) is 16.8. The minimum absolute atomic E-state index is 0. The second-order valence-corrected chi connectivity index (χ2v) is 8.95. The average Bonchev–Trinajstić information content (AvgIpc) is 3.37. The quantitative estimate of drug-likeness (QED) is 0.290. The largest absolute Gasteiger partial charge is 0.465 e. The monoisotopic (exact) mass is 519 g/mol. The SMILES string of the molecule is CCCC[C@@H](NCC(=O)OCCC)C(=O)N1CCC[C@H]1C(=O)NC(N)c1ccc2cnccc2c1.Cl. The van der Waals surface area contributed by atoms with Crippen molar-refractivity contribution in [3.8, 4) is 0 Å². The maximum atomic E-state index is 13.4. The van der Waals surface area contributed by atoms with Crippen molar-refractivity contribution >= 4 is 41.0 Å². The van der Waals surface area contributed by atoms with Crippen LogP contribution in [0, 0.1) is 0 Å². The Morgan fingerprint density at radius 2 is 2.00 bits per heavy atom. The molecule has 1 fully saturated rings. The number of pyridine rings is 1. The van der Waals surface area contributed by atoms with Crippen LogP contribution >= 0.6 is 12.4 Å². The summed E-state index contributed by atoms with van der Waals surface area (Å²) in [5, 5.41) is 7.91. The Morgan fingerprint density at radius 3 is 2.75 bits per heavy atom. The van der Waals surface area contributed by atoms with Gasteiger partial charge in [-0.1, -0.05) is 38.8 Å². The number of carbonyl (C=O) groups excluding carboxylic acids is 3. The Morgan fingerprint density at radius 1 is 1.19 bits per heavy atom.